The standard InChI is InChI=1S/C26H37F2N5O/c1-4-7-23(30-20-9-8-18-12-19(27)13-22(28)21(18)14-20)25(34)31-24-15-33(17-29-24)26(16-32(2)3)10-5-6-11-26/h12-13,15,17,20,23,30H,4-11,14,16H2,1-3H3,(H,31,34). The molecule has 2 aliphatic rings. The van der Waals surface area contributed by atoms with E-state index in [4.69, 9.17) is 0 Å². The number of carbonyl (C=O) groups is 1. The number of amides is 1. The van der Waals surface area contributed by atoms with Crippen LogP contribution in [0.2, 0.25) is 0 Å². The van der Waals surface area contributed by atoms with Gasteiger partial charge in [-0.15, -0.1) is 0 Å². The highest BCUT2D eigenvalue weighted by Crippen LogP contribution is 2.37. The number of benzene rings is 1. The number of imidazole rings is 1. The minimum Gasteiger partial charge on any atom is -0.328 e. The first-order chi connectivity index (χ1) is 16.3. The molecule has 6 nitrogen and oxygen atoms in total. The molecule has 0 bridgehead atoms. The van der Waals surface area contributed by atoms with Gasteiger partial charge in [0, 0.05) is 24.8 Å². The molecule has 1 aromatic carbocycles. The summed E-state index contributed by atoms with van der Waals surface area (Å²) in [6.45, 7) is 2.99. The van der Waals surface area contributed by atoms with Gasteiger partial charge in [-0.1, -0.05) is 26.2 Å². The van der Waals surface area contributed by atoms with Crippen LogP contribution in [0.1, 0.15) is 63.0 Å². The van der Waals surface area contributed by atoms with Crippen molar-refractivity contribution in [2.75, 3.05) is 26.0 Å². The third-order valence-corrected chi connectivity index (χ3v) is 7.32. The molecule has 2 aliphatic carbocycles. The summed E-state index contributed by atoms with van der Waals surface area (Å²) < 4.78 is 30.0. The van der Waals surface area contributed by atoms with Crippen molar-refractivity contribution in [2.45, 2.75) is 82.3 Å². The molecule has 186 valence electrons. The predicted octanol–water partition coefficient (Wildman–Crippen LogP) is 4.25. The number of aryl methyl sites for hydroxylation is 1. The normalized spacial score (nSPS) is 20.4. The van der Waals surface area contributed by atoms with Crippen molar-refractivity contribution in [2.24, 2.45) is 0 Å². The van der Waals surface area contributed by atoms with Crippen LogP contribution >= 0.6 is 0 Å². The van der Waals surface area contributed by atoms with Crippen molar-refractivity contribution in [1.82, 2.24) is 19.8 Å². The summed E-state index contributed by atoms with van der Waals surface area (Å²) in [5, 5.41) is 6.44. The molecule has 2 unspecified atom stereocenters. The van der Waals surface area contributed by atoms with Gasteiger partial charge in [-0.2, -0.15) is 0 Å². The fourth-order valence-electron chi connectivity index (χ4n) is 5.77. The van der Waals surface area contributed by atoms with Crippen molar-refractivity contribution >= 4 is 11.7 Å². The number of aromatic nitrogens is 2. The number of hydrogen-bond donors (Lipinski definition) is 2. The van der Waals surface area contributed by atoms with Gasteiger partial charge in [0.25, 0.3) is 0 Å². The molecule has 1 heterocycles. The van der Waals surface area contributed by atoms with Gasteiger partial charge in [0.05, 0.1) is 17.9 Å². The summed E-state index contributed by atoms with van der Waals surface area (Å²) in [6.07, 6.45) is 11.7. The number of fused-ring (bicyclic) bond motifs is 1. The Labute approximate surface area is 201 Å². The average Bonchev–Trinajstić information content (AvgIpc) is 3.44. The Morgan fingerprint density at radius 1 is 1.29 bits per heavy atom. The van der Waals surface area contributed by atoms with Crippen LogP contribution < -0.4 is 10.6 Å². The first-order valence-electron chi connectivity index (χ1n) is 12.5. The SMILES string of the molecule is CCCC(NC1CCc2cc(F)cc(F)c2C1)C(=O)Nc1cn(C2(CN(C)C)CCCC2)cn1. The van der Waals surface area contributed by atoms with Crippen LogP contribution in [0.4, 0.5) is 14.6 Å². The molecule has 2 atom stereocenters. The third kappa shape index (κ3) is 5.49. The molecule has 8 heteroatoms. The second-order valence-electron chi connectivity index (χ2n) is 10.3. The van der Waals surface area contributed by atoms with Crippen LogP contribution in [-0.4, -0.2) is 53.1 Å². The monoisotopic (exact) mass is 473 g/mol. The van der Waals surface area contributed by atoms with Crippen LogP contribution in [0.3, 0.4) is 0 Å². The summed E-state index contributed by atoms with van der Waals surface area (Å²) in [4.78, 5) is 19.9. The zero-order valence-electron chi connectivity index (χ0n) is 20.5. The van der Waals surface area contributed by atoms with E-state index in [0.717, 1.165) is 43.9 Å². The van der Waals surface area contributed by atoms with Crippen molar-refractivity contribution in [3.8, 4) is 0 Å². The number of halogens is 2. The molecular formula is C26H37F2N5O. The number of anilines is 1. The maximum Gasteiger partial charge on any atom is 0.242 e. The first-order valence-corrected chi connectivity index (χ1v) is 12.5. The predicted molar refractivity (Wildman–Crippen MR) is 130 cm³/mol. The zero-order valence-corrected chi connectivity index (χ0v) is 20.5. The minimum atomic E-state index is -0.532. The molecule has 0 aliphatic heterocycles. The fraction of sp³-hybridized carbons (Fsp3) is 0.615. The van der Waals surface area contributed by atoms with E-state index >= 15 is 0 Å². The number of nitrogens with one attached hydrogen (secondary N) is 2. The van der Waals surface area contributed by atoms with Gasteiger partial charge >= 0.3 is 0 Å². The third-order valence-electron chi connectivity index (χ3n) is 7.32. The van der Waals surface area contributed by atoms with Gasteiger partial charge in [-0.3, -0.25) is 4.79 Å². The lowest BCUT2D eigenvalue weighted by Crippen LogP contribution is -2.48. The number of rotatable bonds is 9. The van der Waals surface area contributed by atoms with Crippen LogP contribution in [0.25, 0.3) is 0 Å². The number of nitrogens with zero attached hydrogens (tertiary/aromatic N) is 3. The topological polar surface area (TPSA) is 62.2 Å². The molecule has 4 rings (SSSR count). The van der Waals surface area contributed by atoms with Crippen LogP contribution in [0.15, 0.2) is 24.7 Å². The van der Waals surface area contributed by atoms with E-state index < -0.39 is 17.7 Å². The zero-order chi connectivity index (χ0) is 24.3. The van der Waals surface area contributed by atoms with Crippen LogP contribution in [0, 0.1) is 11.6 Å². The lowest BCUT2D eigenvalue weighted by Gasteiger charge is -2.33. The Hall–Kier alpha value is -2.32. The van der Waals surface area contributed by atoms with Gasteiger partial charge < -0.3 is 20.1 Å². The van der Waals surface area contributed by atoms with Crippen molar-refractivity contribution in [1.29, 1.82) is 0 Å². The molecule has 1 amide bonds. The highest BCUT2D eigenvalue weighted by atomic mass is 19.1. The molecule has 0 spiro atoms. The molecular weight excluding hydrogens is 436 g/mol. The van der Waals surface area contributed by atoms with Crippen LogP contribution in [0.5, 0.6) is 0 Å². The highest BCUT2D eigenvalue weighted by molar-refractivity contribution is 5.94. The smallest absolute Gasteiger partial charge is 0.242 e. The number of likely N-dealkylation sites (N-methyl/N-ethyl adjacent to an activating group) is 1. The Bertz CT molecular complexity index is 999. The van der Waals surface area contributed by atoms with Gasteiger partial charge in [0.1, 0.15) is 11.6 Å². The van der Waals surface area contributed by atoms with E-state index in [1.54, 1.807) is 0 Å². The maximum atomic E-state index is 14.3. The van der Waals surface area contributed by atoms with Crippen molar-refractivity contribution < 1.29 is 13.6 Å². The van der Waals surface area contributed by atoms with Gasteiger partial charge in [0.15, 0.2) is 5.82 Å². The largest absolute Gasteiger partial charge is 0.328 e. The molecule has 34 heavy (non-hydrogen) atoms. The van der Waals surface area contributed by atoms with Crippen molar-refractivity contribution in [3.05, 3.63) is 47.4 Å². The van der Waals surface area contributed by atoms with E-state index in [9.17, 15) is 13.6 Å². The Balaban J connectivity index is 1.42. The van der Waals surface area contributed by atoms with Crippen LogP contribution in [-0.2, 0) is 23.2 Å². The second kappa shape index (κ2) is 10.5. The van der Waals surface area contributed by atoms with E-state index in [0.29, 0.717) is 30.6 Å². The summed E-state index contributed by atoms with van der Waals surface area (Å²) in [7, 11) is 4.18. The molecule has 1 saturated carbocycles. The molecule has 0 radical (unpaired) electrons. The Kier molecular flexibility index (Phi) is 7.67. The summed E-state index contributed by atoms with van der Waals surface area (Å²) in [6, 6.07) is 1.94. The summed E-state index contributed by atoms with van der Waals surface area (Å²) >= 11 is 0. The molecule has 0 saturated heterocycles. The number of hydrogen-bond acceptors (Lipinski definition) is 4. The van der Waals surface area contributed by atoms with Gasteiger partial charge in [-0.25, -0.2) is 13.8 Å². The molecule has 1 fully saturated rings. The minimum absolute atomic E-state index is 0.0274. The quantitative estimate of drug-likeness (QED) is 0.572. The molecule has 2 N–H and O–H groups in total. The van der Waals surface area contributed by atoms with E-state index in [2.05, 4.69) is 39.2 Å². The van der Waals surface area contributed by atoms with Gasteiger partial charge in [-0.05, 0) is 69.8 Å². The van der Waals surface area contributed by atoms with E-state index in [-0.39, 0.29) is 17.5 Å². The van der Waals surface area contributed by atoms with E-state index in [1.165, 1.54) is 18.9 Å². The Morgan fingerprint density at radius 3 is 2.76 bits per heavy atom. The summed E-state index contributed by atoms with van der Waals surface area (Å²) in [5.41, 5.74) is 1.32. The number of carbonyl (C=O) groups excluding carboxylic acids is 1. The lowest BCUT2D eigenvalue weighted by atomic mass is 9.87. The van der Waals surface area contributed by atoms with E-state index in [1.807, 2.05) is 19.4 Å². The fourth-order valence-corrected chi connectivity index (χ4v) is 5.77. The maximum absolute atomic E-state index is 14.3. The van der Waals surface area contributed by atoms with Crippen molar-refractivity contribution in [3.63, 3.8) is 0 Å². The Morgan fingerprint density at radius 2 is 2.06 bits per heavy atom. The van der Waals surface area contributed by atoms with Gasteiger partial charge in [0.2, 0.25) is 5.91 Å². The molecule has 2 aromatic rings. The second-order valence-corrected chi connectivity index (χ2v) is 10.3. The lowest BCUT2D eigenvalue weighted by molar-refractivity contribution is -0.118. The highest BCUT2D eigenvalue weighted by Gasteiger charge is 2.36. The molecule has 1 aromatic heterocycles. The average molecular weight is 474 g/mol. The summed E-state index contributed by atoms with van der Waals surface area (Å²) in [5.74, 6) is -0.587. The first kappa shape index (κ1) is 24.8.